The number of nitrogen functional groups attached to an aromatic ring is 1. The van der Waals surface area contributed by atoms with E-state index in [1.807, 2.05) is 18.3 Å². The average Bonchev–Trinajstić information content (AvgIpc) is 3.33. The average molecular weight is 357 g/mol. The van der Waals surface area contributed by atoms with Gasteiger partial charge in [-0.25, -0.2) is 9.97 Å². The molecule has 0 saturated heterocycles. The summed E-state index contributed by atoms with van der Waals surface area (Å²) in [7, 11) is 0. The predicted octanol–water partition coefficient (Wildman–Crippen LogP) is 4.54. The number of aryl methyl sites for hydroxylation is 1. The number of nitrogens with two attached hydrogens (primary N) is 1. The minimum Gasteiger partial charge on any atom is -0.383 e. The van der Waals surface area contributed by atoms with Crippen LogP contribution < -0.4 is 5.73 Å². The van der Waals surface area contributed by atoms with E-state index in [1.54, 1.807) is 6.33 Å². The molecule has 5 heteroatoms. The van der Waals surface area contributed by atoms with Gasteiger partial charge in [0.05, 0.1) is 10.9 Å². The zero-order chi connectivity index (χ0) is 18.2. The number of nitrogens with zero attached hydrogens (tertiary/aromatic N) is 4. The van der Waals surface area contributed by atoms with Crippen LogP contribution in [0, 0.1) is 5.92 Å². The van der Waals surface area contributed by atoms with Crippen LogP contribution in [0.15, 0.2) is 55.1 Å². The summed E-state index contributed by atoms with van der Waals surface area (Å²) in [6.45, 7) is 0. The number of benzene rings is 1. The number of hydrogen-bond acceptors (Lipinski definition) is 4. The number of fused-ring (bicyclic) bond motifs is 2. The van der Waals surface area contributed by atoms with Gasteiger partial charge in [-0.05, 0) is 61.8 Å². The molecule has 1 aliphatic rings. The highest BCUT2D eigenvalue weighted by Crippen LogP contribution is 2.39. The van der Waals surface area contributed by atoms with Crippen molar-refractivity contribution >= 4 is 27.8 Å². The lowest BCUT2D eigenvalue weighted by Crippen LogP contribution is -2.06. The van der Waals surface area contributed by atoms with Gasteiger partial charge in [-0.3, -0.25) is 4.98 Å². The zero-order valence-electron chi connectivity index (χ0n) is 15.3. The molecule has 4 aromatic rings. The maximum Gasteiger partial charge on any atom is 0.145 e. The molecule has 5 nitrogen and oxygen atoms in total. The summed E-state index contributed by atoms with van der Waals surface area (Å²) in [6.07, 6.45) is 11.6. The van der Waals surface area contributed by atoms with E-state index in [-0.39, 0.29) is 0 Å². The lowest BCUT2D eigenvalue weighted by atomic mass is 9.97. The van der Waals surface area contributed by atoms with Gasteiger partial charge in [-0.2, -0.15) is 0 Å². The molecule has 0 amide bonds. The van der Waals surface area contributed by atoms with Crippen LogP contribution in [0.25, 0.3) is 21.9 Å². The quantitative estimate of drug-likeness (QED) is 0.582. The largest absolute Gasteiger partial charge is 0.383 e. The first-order chi connectivity index (χ1) is 13.3. The Kier molecular flexibility index (Phi) is 4.00. The maximum absolute atomic E-state index is 5.98. The molecule has 0 radical (unpaired) electrons. The van der Waals surface area contributed by atoms with Crippen LogP contribution in [0.4, 0.5) is 5.82 Å². The topological polar surface area (TPSA) is 69.6 Å². The smallest absolute Gasteiger partial charge is 0.145 e. The lowest BCUT2D eigenvalue weighted by molar-refractivity contribution is 0.461. The Morgan fingerprint density at radius 2 is 2.04 bits per heavy atom. The third-order valence-corrected chi connectivity index (χ3v) is 5.96. The first-order valence-corrected chi connectivity index (χ1v) is 9.68. The van der Waals surface area contributed by atoms with E-state index in [9.17, 15) is 0 Å². The Morgan fingerprint density at radius 3 is 3.00 bits per heavy atom. The van der Waals surface area contributed by atoms with Crippen molar-refractivity contribution in [3.8, 4) is 0 Å². The highest BCUT2D eigenvalue weighted by Gasteiger charge is 2.26. The van der Waals surface area contributed by atoms with Gasteiger partial charge in [0, 0.05) is 23.8 Å². The van der Waals surface area contributed by atoms with E-state index in [0.29, 0.717) is 11.9 Å². The minimum atomic E-state index is 0.514. The van der Waals surface area contributed by atoms with Crippen molar-refractivity contribution < 1.29 is 0 Å². The molecule has 2 N–H and O–H groups in total. The van der Waals surface area contributed by atoms with Crippen LogP contribution in [-0.2, 0) is 6.42 Å². The second kappa shape index (κ2) is 6.65. The van der Waals surface area contributed by atoms with Crippen molar-refractivity contribution in [3.63, 3.8) is 0 Å². The monoisotopic (exact) mass is 357 g/mol. The van der Waals surface area contributed by atoms with Crippen molar-refractivity contribution in [1.82, 2.24) is 19.5 Å². The standard InChI is InChI=1S/C22H23N5/c23-21-19-9-11-27(22(19)26-14-25-21)18-8-6-15(12-18)3-4-16-5-7-17-2-1-10-24-20(17)13-16/h1-2,5,7,9-11,13-15,18H,3-4,6,8,12H2,(H2,23,25,26). The fourth-order valence-corrected chi connectivity index (χ4v) is 4.49. The number of pyridine rings is 1. The molecule has 136 valence electrons. The molecule has 1 fully saturated rings. The van der Waals surface area contributed by atoms with Gasteiger partial charge in [-0.15, -0.1) is 0 Å². The van der Waals surface area contributed by atoms with Gasteiger partial charge < -0.3 is 10.3 Å². The summed E-state index contributed by atoms with van der Waals surface area (Å²) in [6, 6.07) is 13.3. The Morgan fingerprint density at radius 1 is 1.07 bits per heavy atom. The second-order valence-electron chi connectivity index (χ2n) is 7.62. The van der Waals surface area contributed by atoms with Crippen LogP contribution in [0.5, 0.6) is 0 Å². The molecule has 2 unspecified atom stereocenters. The third-order valence-electron chi connectivity index (χ3n) is 5.96. The van der Waals surface area contributed by atoms with Gasteiger partial charge in [0.25, 0.3) is 0 Å². The highest BCUT2D eigenvalue weighted by molar-refractivity contribution is 5.86. The van der Waals surface area contributed by atoms with Gasteiger partial charge in [-0.1, -0.05) is 18.2 Å². The number of rotatable bonds is 4. The Balaban J connectivity index is 1.27. The number of anilines is 1. The predicted molar refractivity (Wildman–Crippen MR) is 108 cm³/mol. The summed E-state index contributed by atoms with van der Waals surface area (Å²) >= 11 is 0. The van der Waals surface area contributed by atoms with E-state index in [2.05, 4.69) is 50.0 Å². The van der Waals surface area contributed by atoms with Crippen molar-refractivity contribution in [3.05, 3.63) is 60.7 Å². The molecule has 3 aromatic heterocycles. The van der Waals surface area contributed by atoms with Crippen LogP contribution in [0.3, 0.4) is 0 Å². The van der Waals surface area contributed by atoms with E-state index >= 15 is 0 Å². The second-order valence-corrected chi connectivity index (χ2v) is 7.62. The summed E-state index contributed by atoms with van der Waals surface area (Å²) in [4.78, 5) is 13.0. The maximum atomic E-state index is 5.98. The summed E-state index contributed by atoms with van der Waals surface area (Å²) < 4.78 is 2.30. The molecule has 1 aliphatic carbocycles. The normalized spacial score (nSPS) is 19.9. The summed E-state index contributed by atoms with van der Waals surface area (Å²) in [5, 5.41) is 2.17. The van der Waals surface area contributed by atoms with E-state index < -0.39 is 0 Å². The first kappa shape index (κ1) is 16.2. The molecule has 0 aliphatic heterocycles. The summed E-state index contributed by atoms with van der Waals surface area (Å²) in [5.74, 6) is 1.32. The van der Waals surface area contributed by atoms with Gasteiger partial charge in [0.15, 0.2) is 0 Å². The highest BCUT2D eigenvalue weighted by atomic mass is 15.1. The molecular formula is C22H23N5. The Labute approximate surface area is 158 Å². The molecule has 2 atom stereocenters. The minimum absolute atomic E-state index is 0.514. The molecule has 3 heterocycles. The number of hydrogen-bond donors (Lipinski definition) is 1. The van der Waals surface area contributed by atoms with E-state index in [0.717, 1.165) is 28.9 Å². The molecular weight excluding hydrogens is 334 g/mol. The molecule has 0 bridgehead atoms. The van der Waals surface area contributed by atoms with Crippen molar-refractivity contribution in [2.75, 3.05) is 5.73 Å². The first-order valence-electron chi connectivity index (χ1n) is 9.68. The summed E-state index contributed by atoms with van der Waals surface area (Å²) in [5.41, 5.74) is 9.42. The van der Waals surface area contributed by atoms with Crippen LogP contribution in [0.2, 0.25) is 0 Å². The van der Waals surface area contributed by atoms with E-state index in [4.69, 9.17) is 5.73 Å². The van der Waals surface area contributed by atoms with Crippen LogP contribution in [-0.4, -0.2) is 19.5 Å². The zero-order valence-corrected chi connectivity index (χ0v) is 15.3. The Hall–Kier alpha value is -2.95. The fourth-order valence-electron chi connectivity index (χ4n) is 4.49. The van der Waals surface area contributed by atoms with Crippen molar-refractivity contribution in [1.29, 1.82) is 0 Å². The molecule has 5 rings (SSSR count). The van der Waals surface area contributed by atoms with Crippen molar-refractivity contribution in [2.45, 2.75) is 38.1 Å². The molecule has 0 spiro atoms. The van der Waals surface area contributed by atoms with Gasteiger partial charge >= 0.3 is 0 Å². The number of aromatic nitrogens is 4. The lowest BCUT2D eigenvalue weighted by Gasteiger charge is -2.14. The molecule has 27 heavy (non-hydrogen) atoms. The third kappa shape index (κ3) is 3.03. The van der Waals surface area contributed by atoms with Gasteiger partial charge in [0.1, 0.15) is 17.8 Å². The molecule has 1 aromatic carbocycles. The SMILES string of the molecule is Nc1ncnc2c1ccn2C1CCC(CCc2ccc3cccnc3c2)C1. The van der Waals surface area contributed by atoms with E-state index in [1.165, 1.54) is 36.6 Å². The molecule has 1 saturated carbocycles. The van der Waals surface area contributed by atoms with Crippen LogP contribution in [0.1, 0.15) is 37.3 Å². The Bertz CT molecular complexity index is 1100. The van der Waals surface area contributed by atoms with Crippen LogP contribution >= 0.6 is 0 Å². The fraction of sp³-hybridized carbons (Fsp3) is 0.318. The van der Waals surface area contributed by atoms with Gasteiger partial charge in [0.2, 0.25) is 0 Å². The van der Waals surface area contributed by atoms with Crippen molar-refractivity contribution in [2.24, 2.45) is 5.92 Å².